The first kappa shape index (κ1) is 19.0. The SMILES string of the molecule is C/C(=N\NC(=O)CNc1cccc(C(F)(F)F)c1)c1ccc(Br)cc1. The number of benzene rings is 2. The predicted molar refractivity (Wildman–Crippen MR) is 94.4 cm³/mol. The molecule has 2 N–H and O–H groups in total. The lowest BCUT2D eigenvalue weighted by Gasteiger charge is -2.10. The van der Waals surface area contributed by atoms with E-state index in [0.717, 1.165) is 22.2 Å². The van der Waals surface area contributed by atoms with E-state index >= 15 is 0 Å². The molecule has 4 nitrogen and oxygen atoms in total. The molecule has 0 unspecified atom stereocenters. The Labute approximate surface area is 151 Å². The highest BCUT2D eigenvalue weighted by Gasteiger charge is 2.30. The van der Waals surface area contributed by atoms with E-state index in [1.54, 1.807) is 6.92 Å². The van der Waals surface area contributed by atoms with Crippen molar-refractivity contribution in [2.24, 2.45) is 5.10 Å². The maximum atomic E-state index is 12.6. The Morgan fingerprint density at radius 3 is 2.48 bits per heavy atom. The number of carbonyl (C=O) groups excluding carboxylic acids is 1. The standard InChI is InChI=1S/C17H15BrF3N3O/c1-11(12-5-7-14(18)8-6-12)23-24-16(25)10-22-15-4-2-3-13(9-15)17(19,20)21/h2-9,22H,10H2,1H3,(H,24,25)/b23-11+. The number of anilines is 1. The summed E-state index contributed by atoms with van der Waals surface area (Å²) in [7, 11) is 0. The molecule has 2 aromatic rings. The molecule has 0 saturated heterocycles. The molecule has 0 spiro atoms. The Morgan fingerprint density at radius 1 is 1.16 bits per heavy atom. The summed E-state index contributed by atoms with van der Waals surface area (Å²) in [5.74, 6) is -0.464. The summed E-state index contributed by atoms with van der Waals surface area (Å²) >= 11 is 3.33. The molecule has 132 valence electrons. The van der Waals surface area contributed by atoms with Gasteiger partial charge < -0.3 is 5.32 Å². The molecule has 0 aromatic heterocycles. The topological polar surface area (TPSA) is 53.5 Å². The Kier molecular flexibility index (Phi) is 6.19. The minimum atomic E-state index is -4.42. The molecule has 0 heterocycles. The van der Waals surface area contributed by atoms with Gasteiger partial charge in [0, 0.05) is 10.2 Å². The van der Waals surface area contributed by atoms with Crippen LogP contribution in [-0.2, 0) is 11.0 Å². The van der Waals surface area contributed by atoms with E-state index in [4.69, 9.17) is 0 Å². The van der Waals surface area contributed by atoms with Gasteiger partial charge in [-0.2, -0.15) is 18.3 Å². The summed E-state index contributed by atoms with van der Waals surface area (Å²) in [6, 6.07) is 12.0. The molecule has 0 atom stereocenters. The van der Waals surface area contributed by atoms with Crippen LogP contribution in [0.3, 0.4) is 0 Å². The zero-order valence-corrected chi connectivity index (χ0v) is 14.8. The third-order valence-electron chi connectivity index (χ3n) is 3.25. The minimum Gasteiger partial charge on any atom is -0.376 e. The predicted octanol–water partition coefficient (Wildman–Crippen LogP) is 4.42. The van der Waals surface area contributed by atoms with Gasteiger partial charge in [0.05, 0.1) is 17.8 Å². The van der Waals surface area contributed by atoms with Gasteiger partial charge in [-0.3, -0.25) is 4.79 Å². The zero-order valence-electron chi connectivity index (χ0n) is 13.2. The largest absolute Gasteiger partial charge is 0.416 e. The van der Waals surface area contributed by atoms with Crippen LogP contribution in [0.25, 0.3) is 0 Å². The van der Waals surface area contributed by atoms with Crippen LogP contribution in [0.4, 0.5) is 18.9 Å². The number of hydrogen-bond donors (Lipinski definition) is 2. The number of halogens is 4. The maximum Gasteiger partial charge on any atom is 0.416 e. The van der Waals surface area contributed by atoms with Crippen LogP contribution in [0, 0.1) is 0 Å². The Hall–Kier alpha value is -2.35. The van der Waals surface area contributed by atoms with Crippen LogP contribution in [0.2, 0.25) is 0 Å². The van der Waals surface area contributed by atoms with E-state index in [1.165, 1.54) is 12.1 Å². The number of hydrogen-bond acceptors (Lipinski definition) is 3. The first-order chi connectivity index (χ1) is 11.8. The summed E-state index contributed by atoms with van der Waals surface area (Å²) in [6.45, 7) is 1.54. The van der Waals surface area contributed by atoms with Gasteiger partial charge in [-0.25, -0.2) is 5.43 Å². The third kappa shape index (κ3) is 5.90. The fourth-order valence-electron chi connectivity index (χ4n) is 1.93. The highest BCUT2D eigenvalue weighted by Crippen LogP contribution is 2.30. The normalized spacial score (nSPS) is 12.0. The van der Waals surface area contributed by atoms with E-state index in [9.17, 15) is 18.0 Å². The number of hydrazone groups is 1. The lowest BCUT2D eigenvalue weighted by Crippen LogP contribution is -2.26. The van der Waals surface area contributed by atoms with E-state index in [2.05, 4.69) is 31.8 Å². The van der Waals surface area contributed by atoms with Crippen molar-refractivity contribution in [2.45, 2.75) is 13.1 Å². The van der Waals surface area contributed by atoms with Crippen LogP contribution < -0.4 is 10.7 Å². The molecule has 0 aliphatic heterocycles. The Morgan fingerprint density at radius 2 is 1.84 bits per heavy atom. The summed E-state index contributed by atoms with van der Waals surface area (Å²) in [4.78, 5) is 11.8. The molecular weight excluding hydrogens is 399 g/mol. The van der Waals surface area contributed by atoms with E-state index in [1.807, 2.05) is 24.3 Å². The summed E-state index contributed by atoms with van der Waals surface area (Å²) in [5, 5.41) is 6.62. The second kappa shape index (κ2) is 8.15. The summed E-state index contributed by atoms with van der Waals surface area (Å²) < 4.78 is 38.8. The molecule has 2 aromatic carbocycles. The molecular formula is C17H15BrF3N3O. The van der Waals surface area contributed by atoms with Crippen molar-refractivity contribution in [3.05, 3.63) is 64.1 Å². The fraction of sp³-hybridized carbons (Fsp3) is 0.176. The lowest BCUT2D eigenvalue weighted by atomic mass is 10.1. The second-order valence-corrected chi connectivity index (χ2v) is 6.09. The third-order valence-corrected chi connectivity index (χ3v) is 3.78. The first-order valence-corrected chi connectivity index (χ1v) is 8.05. The Bertz CT molecular complexity index is 773. The molecule has 0 radical (unpaired) electrons. The number of carbonyl (C=O) groups is 1. The number of rotatable bonds is 5. The molecule has 0 bridgehead atoms. The Balaban J connectivity index is 1.90. The van der Waals surface area contributed by atoms with Crippen LogP contribution in [0.1, 0.15) is 18.1 Å². The molecule has 0 aliphatic rings. The molecule has 0 fully saturated rings. The lowest BCUT2D eigenvalue weighted by molar-refractivity contribution is -0.137. The number of alkyl halides is 3. The first-order valence-electron chi connectivity index (χ1n) is 7.26. The number of nitrogens with zero attached hydrogens (tertiary/aromatic N) is 1. The average Bonchev–Trinajstić information content (AvgIpc) is 2.58. The van der Waals surface area contributed by atoms with E-state index in [0.29, 0.717) is 5.71 Å². The van der Waals surface area contributed by atoms with E-state index in [-0.39, 0.29) is 12.2 Å². The van der Waals surface area contributed by atoms with E-state index < -0.39 is 17.6 Å². The van der Waals surface area contributed by atoms with Crippen molar-refractivity contribution in [2.75, 3.05) is 11.9 Å². The molecule has 2 rings (SSSR count). The molecule has 25 heavy (non-hydrogen) atoms. The van der Waals surface area contributed by atoms with Gasteiger partial charge in [-0.05, 0) is 42.8 Å². The summed E-state index contributed by atoms with van der Waals surface area (Å²) in [5.41, 5.74) is 3.25. The van der Waals surface area contributed by atoms with Crippen LogP contribution in [0.5, 0.6) is 0 Å². The van der Waals surface area contributed by atoms with Gasteiger partial charge in [-0.15, -0.1) is 0 Å². The van der Waals surface area contributed by atoms with Crippen LogP contribution in [-0.4, -0.2) is 18.2 Å². The number of nitrogens with one attached hydrogen (secondary N) is 2. The van der Waals surface area contributed by atoms with Gasteiger partial charge in [0.2, 0.25) is 0 Å². The van der Waals surface area contributed by atoms with Gasteiger partial charge >= 0.3 is 6.18 Å². The monoisotopic (exact) mass is 413 g/mol. The molecule has 1 amide bonds. The highest BCUT2D eigenvalue weighted by molar-refractivity contribution is 9.10. The molecule has 0 aliphatic carbocycles. The summed E-state index contributed by atoms with van der Waals surface area (Å²) in [6.07, 6.45) is -4.42. The average molecular weight is 414 g/mol. The van der Waals surface area contributed by atoms with Gasteiger partial charge in [0.15, 0.2) is 0 Å². The molecule has 0 saturated carbocycles. The van der Waals surface area contributed by atoms with Crippen molar-refractivity contribution in [1.29, 1.82) is 0 Å². The van der Waals surface area contributed by atoms with Crippen LogP contribution in [0.15, 0.2) is 58.1 Å². The smallest absolute Gasteiger partial charge is 0.376 e. The highest BCUT2D eigenvalue weighted by atomic mass is 79.9. The van der Waals surface area contributed by atoms with Gasteiger partial charge in [0.1, 0.15) is 0 Å². The van der Waals surface area contributed by atoms with Crippen molar-refractivity contribution in [3.63, 3.8) is 0 Å². The zero-order chi connectivity index (χ0) is 18.4. The van der Waals surface area contributed by atoms with Crippen molar-refractivity contribution < 1.29 is 18.0 Å². The second-order valence-electron chi connectivity index (χ2n) is 5.17. The minimum absolute atomic E-state index is 0.196. The van der Waals surface area contributed by atoms with Crippen LogP contribution >= 0.6 is 15.9 Å². The van der Waals surface area contributed by atoms with Crippen molar-refractivity contribution >= 4 is 33.2 Å². The number of amides is 1. The maximum absolute atomic E-state index is 12.6. The molecule has 8 heteroatoms. The quantitative estimate of drug-likeness (QED) is 0.562. The van der Waals surface area contributed by atoms with Crippen molar-refractivity contribution in [3.8, 4) is 0 Å². The van der Waals surface area contributed by atoms with Crippen molar-refractivity contribution in [1.82, 2.24) is 5.43 Å². The van der Waals surface area contributed by atoms with Gasteiger partial charge in [-0.1, -0.05) is 34.1 Å². The fourth-order valence-corrected chi connectivity index (χ4v) is 2.19. The van der Waals surface area contributed by atoms with Gasteiger partial charge in [0.25, 0.3) is 5.91 Å².